The fourth-order valence-corrected chi connectivity index (χ4v) is 3.43. The fraction of sp³-hybridized carbons (Fsp3) is 0.833. The number of unbranched alkanes of at least 4 members (excludes halogenated alkanes) is 14. The molecule has 0 aliphatic heterocycles. The van der Waals surface area contributed by atoms with Crippen LogP contribution in [0.15, 0.2) is 9.59 Å². The molecule has 4 heteroatoms. The van der Waals surface area contributed by atoms with Crippen LogP contribution >= 0.6 is 0 Å². The molecule has 0 radical (unpaired) electrons. The summed E-state index contributed by atoms with van der Waals surface area (Å²) in [7, 11) is 0. The van der Waals surface area contributed by atoms with Crippen molar-refractivity contribution in [2.75, 3.05) is 13.2 Å². The van der Waals surface area contributed by atoms with Crippen molar-refractivity contribution in [3.05, 3.63) is 20.4 Å². The molecule has 0 aliphatic rings. The normalized spacial score (nSPS) is 11.2. The van der Waals surface area contributed by atoms with Gasteiger partial charge in [-0.1, -0.05) is 104 Å². The van der Waals surface area contributed by atoms with Gasteiger partial charge in [0.05, 0.1) is 13.2 Å². The Morgan fingerprint density at radius 2 is 0.750 bits per heavy atom. The third-order valence-electron chi connectivity index (χ3n) is 5.31. The van der Waals surface area contributed by atoms with Gasteiger partial charge in [-0.15, -0.1) is 0 Å². The second kappa shape index (κ2) is 16.6. The average molecular weight is 395 g/mol. The Balaban J connectivity index is 2.07. The molecular weight excluding hydrogens is 352 g/mol. The molecule has 4 nitrogen and oxygen atoms in total. The first-order valence-electron chi connectivity index (χ1n) is 11.8. The van der Waals surface area contributed by atoms with Crippen molar-refractivity contribution in [1.82, 2.24) is 0 Å². The molecule has 0 spiro atoms. The Morgan fingerprint density at radius 1 is 0.464 bits per heavy atom. The second-order valence-corrected chi connectivity index (χ2v) is 7.96. The molecule has 0 fully saturated rings. The Kier molecular flexibility index (Phi) is 14.7. The molecule has 0 heterocycles. The highest BCUT2D eigenvalue weighted by Crippen LogP contribution is 2.21. The molecular formula is C24H42O4. The van der Waals surface area contributed by atoms with Crippen LogP contribution in [-0.4, -0.2) is 13.2 Å². The molecule has 0 saturated carbocycles. The van der Waals surface area contributed by atoms with Crippen LogP contribution in [0, 0.1) is 0 Å². The molecule has 0 unspecified atom stereocenters. The molecule has 1 aromatic carbocycles. The zero-order chi connectivity index (χ0) is 20.5. The minimum atomic E-state index is -0.523. The van der Waals surface area contributed by atoms with Crippen molar-refractivity contribution >= 4 is 0 Å². The fourth-order valence-electron chi connectivity index (χ4n) is 3.43. The highest BCUT2D eigenvalue weighted by Gasteiger charge is 2.24. The van der Waals surface area contributed by atoms with E-state index in [0.717, 1.165) is 25.7 Å². The van der Waals surface area contributed by atoms with E-state index in [1.165, 1.54) is 77.0 Å². The van der Waals surface area contributed by atoms with Crippen LogP contribution in [0.3, 0.4) is 0 Å². The lowest BCUT2D eigenvalue weighted by atomic mass is 10.1. The monoisotopic (exact) mass is 394 g/mol. The maximum Gasteiger partial charge on any atom is 0.275 e. The number of hydrogen-bond acceptors (Lipinski definition) is 4. The zero-order valence-electron chi connectivity index (χ0n) is 18.4. The van der Waals surface area contributed by atoms with E-state index in [2.05, 4.69) is 13.8 Å². The van der Waals surface area contributed by atoms with Gasteiger partial charge in [0.1, 0.15) is 0 Å². The molecule has 0 aromatic heterocycles. The van der Waals surface area contributed by atoms with E-state index >= 15 is 0 Å². The smallest absolute Gasteiger partial charge is 0.275 e. The topological polar surface area (TPSA) is 52.6 Å². The quantitative estimate of drug-likeness (QED) is 0.192. The van der Waals surface area contributed by atoms with Crippen LogP contribution in [0.5, 0.6) is 11.5 Å². The van der Waals surface area contributed by atoms with Crippen molar-refractivity contribution in [3.8, 4) is 11.5 Å². The van der Waals surface area contributed by atoms with Gasteiger partial charge in [0, 0.05) is 0 Å². The molecule has 162 valence electrons. The van der Waals surface area contributed by atoms with Gasteiger partial charge < -0.3 is 9.47 Å². The summed E-state index contributed by atoms with van der Waals surface area (Å²) in [6, 6.07) is 0. The van der Waals surface area contributed by atoms with Crippen molar-refractivity contribution < 1.29 is 9.47 Å². The van der Waals surface area contributed by atoms with Gasteiger partial charge in [-0.2, -0.15) is 0 Å². The summed E-state index contributed by atoms with van der Waals surface area (Å²) < 4.78 is 11.1. The van der Waals surface area contributed by atoms with Crippen LogP contribution in [0.25, 0.3) is 0 Å². The van der Waals surface area contributed by atoms with Gasteiger partial charge in [-0.05, 0) is 12.8 Å². The summed E-state index contributed by atoms with van der Waals surface area (Å²) in [6.07, 6.45) is 19.5. The second-order valence-electron chi connectivity index (χ2n) is 7.96. The third kappa shape index (κ3) is 10.3. The number of ether oxygens (including phenoxy) is 2. The van der Waals surface area contributed by atoms with Crippen LogP contribution in [0.1, 0.15) is 117 Å². The van der Waals surface area contributed by atoms with Gasteiger partial charge in [-0.3, -0.25) is 9.59 Å². The van der Waals surface area contributed by atoms with E-state index < -0.39 is 10.9 Å². The van der Waals surface area contributed by atoms with Crippen LogP contribution in [0.4, 0.5) is 0 Å². The Bertz CT molecular complexity index is 507. The molecule has 0 bridgehead atoms. The first kappa shape index (κ1) is 24.7. The first-order valence-corrected chi connectivity index (χ1v) is 11.8. The highest BCUT2D eigenvalue weighted by atomic mass is 16.5. The van der Waals surface area contributed by atoms with Crippen LogP contribution in [-0.2, 0) is 0 Å². The number of hydrogen-bond donors (Lipinski definition) is 0. The summed E-state index contributed by atoms with van der Waals surface area (Å²) in [6.45, 7) is 5.44. The minimum Gasteiger partial charge on any atom is -0.486 e. The van der Waals surface area contributed by atoms with Crippen molar-refractivity contribution in [3.63, 3.8) is 0 Å². The average Bonchev–Trinajstić information content (AvgIpc) is 2.71. The highest BCUT2D eigenvalue weighted by molar-refractivity contribution is 5.45. The predicted octanol–water partition coefficient (Wildman–Crippen LogP) is 6.32. The third-order valence-corrected chi connectivity index (χ3v) is 5.31. The van der Waals surface area contributed by atoms with Gasteiger partial charge in [0.15, 0.2) is 0 Å². The molecule has 1 rings (SSSR count). The van der Waals surface area contributed by atoms with Crippen LogP contribution < -0.4 is 20.3 Å². The van der Waals surface area contributed by atoms with Crippen molar-refractivity contribution in [2.45, 2.75) is 117 Å². The first-order chi connectivity index (χ1) is 13.7. The maximum atomic E-state index is 11.7. The van der Waals surface area contributed by atoms with Crippen molar-refractivity contribution in [2.24, 2.45) is 0 Å². The SMILES string of the molecule is CCCCCCCCCCOc1c(OCCCCCCCCCC)c(=O)c1=O. The molecule has 0 N–H and O–H groups in total. The lowest BCUT2D eigenvalue weighted by Crippen LogP contribution is -2.34. The summed E-state index contributed by atoms with van der Waals surface area (Å²) in [4.78, 5) is 23.4. The summed E-state index contributed by atoms with van der Waals surface area (Å²) in [5.74, 6) is 0.319. The number of rotatable bonds is 20. The maximum absolute atomic E-state index is 11.7. The van der Waals surface area contributed by atoms with Crippen LogP contribution in [0.2, 0.25) is 0 Å². The molecule has 0 saturated heterocycles. The van der Waals surface area contributed by atoms with Gasteiger partial charge in [0.25, 0.3) is 10.9 Å². The van der Waals surface area contributed by atoms with Gasteiger partial charge in [0.2, 0.25) is 11.5 Å². The van der Waals surface area contributed by atoms with E-state index in [4.69, 9.17) is 9.47 Å². The van der Waals surface area contributed by atoms with Gasteiger partial charge in [-0.25, -0.2) is 0 Å². The van der Waals surface area contributed by atoms with E-state index in [1.54, 1.807) is 0 Å². The van der Waals surface area contributed by atoms with Crippen molar-refractivity contribution in [1.29, 1.82) is 0 Å². The molecule has 0 amide bonds. The molecule has 28 heavy (non-hydrogen) atoms. The van der Waals surface area contributed by atoms with E-state index in [0.29, 0.717) is 13.2 Å². The van der Waals surface area contributed by atoms with Gasteiger partial charge >= 0.3 is 0 Å². The Hall–Kier alpha value is -1.32. The Labute approximate surface area is 171 Å². The van der Waals surface area contributed by atoms with E-state index in [9.17, 15) is 9.59 Å². The largest absolute Gasteiger partial charge is 0.486 e. The van der Waals surface area contributed by atoms with E-state index in [1.807, 2.05) is 0 Å². The zero-order valence-corrected chi connectivity index (χ0v) is 18.4. The summed E-state index contributed by atoms with van der Waals surface area (Å²) >= 11 is 0. The minimum absolute atomic E-state index is 0.160. The standard InChI is InChI=1S/C24H42O4/c1-3-5-7-9-11-13-15-17-19-27-23-21(25)22(26)24(23)28-20-18-16-14-12-10-8-6-4-2/h3-20H2,1-2H3. The molecule has 1 aromatic rings. The Morgan fingerprint density at radius 3 is 1.07 bits per heavy atom. The summed E-state index contributed by atoms with van der Waals surface area (Å²) in [5.41, 5.74) is -1.05. The lowest BCUT2D eigenvalue weighted by molar-refractivity contribution is 0.247. The molecule has 0 aliphatic carbocycles. The predicted molar refractivity (Wildman–Crippen MR) is 118 cm³/mol. The summed E-state index contributed by atoms with van der Waals surface area (Å²) in [5, 5.41) is 0. The van der Waals surface area contributed by atoms with E-state index in [-0.39, 0.29) is 11.5 Å². The lowest BCUT2D eigenvalue weighted by Gasteiger charge is -2.13. The molecule has 0 atom stereocenters.